The molecule has 3 nitrogen and oxygen atoms in total. The second kappa shape index (κ2) is 5.73. The average molecular weight is 306 g/mol. The van der Waals surface area contributed by atoms with Gasteiger partial charge >= 0.3 is 0 Å². The normalized spacial score (nSPS) is 33.4. The third-order valence-corrected chi connectivity index (χ3v) is 5.95. The summed E-state index contributed by atoms with van der Waals surface area (Å²) in [4.78, 5) is 17.7. The fourth-order valence-corrected chi connectivity index (χ4v) is 4.66. The van der Waals surface area contributed by atoms with Gasteiger partial charge in [0.25, 0.3) is 0 Å². The lowest BCUT2D eigenvalue weighted by Gasteiger charge is -2.29. The zero-order valence-corrected chi connectivity index (χ0v) is 14.2. The van der Waals surface area contributed by atoms with Crippen LogP contribution in [0.4, 0.5) is 0 Å². The number of hydrogen-bond acceptors (Lipinski definition) is 3. The molecule has 1 saturated carbocycles. The van der Waals surface area contributed by atoms with Crippen molar-refractivity contribution >= 4 is 17.2 Å². The molecule has 2 aliphatic rings. The number of carbonyl (C=O) groups is 1. The summed E-state index contributed by atoms with van der Waals surface area (Å²) in [6, 6.07) is 4.72. The third kappa shape index (κ3) is 2.76. The number of nitrogens with zero attached hydrogens (tertiary/aromatic N) is 1. The summed E-state index contributed by atoms with van der Waals surface area (Å²) in [6.45, 7) is 8.70. The number of amides is 1. The van der Waals surface area contributed by atoms with Gasteiger partial charge in [0.2, 0.25) is 5.91 Å². The first kappa shape index (κ1) is 15.0. The van der Waals surface area contributed by atoms with Crippen molar-refractivity contribution in [2.45, 2.75) is 65.2 Å². The van der Waals surface area contributed by atoms with Crippen molar-refractivity contribution in [1.29, 1.82) is 0 Å². The van der Waals surface area contributed by atoms with E-state index in [1.54, 1.807) is 0 Å². The Bertz CT molecular complexity index is 525. The Kier molecular flexibility index (Phi) is 4.10. The van der Waals surface area contributed by atoms with Gasteiger partial charge in [-0.15, -0.1) is 11.3 Å². The third-order valence-electron chi connectivity index (χ3n) is 4.89. The molecule has 3 rings (SSSR count). The fraction of sp³-hybridized carbons (Fsp3) is 0.706. The Morgan fingerprint density at radius 1 is 1.33 bits per heavy atom. The molecule has 0 spiro atoms. The van der Waals surface area contributed by atoms with Gasteiger partial charge in [-0.3, -0.25) is 10.1 Å². The summed E-state index contributed by atoms with van der Waals surface area (Å²) >= 11 is 1.81. The van der Waals surface area contributed by atoms with E-state index in [1.165, 1.54) is 16.2 Å². The van der Waals surface area contributed by atoms with Gasteiger partial charge in [-0.1, -0.05) is 20.8 Å². The maximum absolute atomic E-state index is 12.9. The Balaban J connectivity index is 1.90. The minimum atomic E-state index is -0.0340. The van der Waals surface area contributed by atoms with E-state index in [1.807, 2.05) is 11.3 Å². The highest BCUT2D eigenvalue weighted by molar-refractivity contribution is 7.12. The van der Waals surface area contributed by atoms with Crippen LogP contribution in [0.1, 0.15) is 56.0 Å². The molecule has 0 radical (unpaired) electrons. The maximum atomic E-state index is 12.9. The predicted molar refractivity (Wildman–Crippen MR) is 87.2 cm³/mol. The largest absolute Gasteiger partial charge is 0.318 e. The van der Waals surface area contributed by atoms with Gasteiger partial charge < -0.3 is 4.90 Å². The van der Waals surface area contributed by atoms with Crippen molar-refractivity contribution in [1.82, 2.24) is 10.2 Å². The molecular formula is C17H26N2OS. The first-order valence-electron chi connectivity index (χ1n) is 8.12. The zero-order chi connectivity index (χ0) is 15.1. The Morgan fingerprint density at radius 2 is 2.10 bits per heavy atom. The van der Waals surface area contributed by atoms with Crippen molar-refractivity contribution in [2.24, 2.45) is 11.8 Å². The van der Waals surface area contributed by atoms with E-state index in [9.17, 15) is 4.79 Å². The van der Waals surface area contributed by atoms with Crippen molar-refractivity contribution in [2.75, 3.05) is 0 Å². The van der Waals surface area contributed by atoms with Crippen LogP contribution in [0.2, 0.25) is 0 Å². The van der Waals surface area contributed by atoms with E-state index in [0.717, 1.165) is 18.8 Å². The molecule has 2 fully saturated rings. The summed E-state index contributed by atoms with van der Waals surface area (Å²) < 4.78 is 0. The molecule has 4 atom stereocenters. The van der Waals surface area contributed by atoms with Gasteiger partial charge in [0, 0.05) is 15.8 Å². The van der Waals surface area contributed by atoms with Crippen molar-refractivity contribution < 1.29 is 4.79 Å². The van der Waals surface area contributed by atoms with E-state index in [4.69, 9.17) is 0 Å². The smallest absolute Gasteiger partial charge is 0.241 e. The Hall–Kier alpha value is -0.870. The first-order valence-corrected chi connectivity index (χ1v) is 8.93. The maximum Gasteiger partial charge on any atom is 0.241 e. The molecule has 1 aliphatic carbocycles. The second-order valence-electron chi connectivity index (χ2n) is 7.06. The lowest BCUT2D eigenvalue weighted by atomic mass is 10.0. The Morgan fingerprint density at radius 3 is 2.62 bits per heavy atom. The molecule has 1 aliphatic heterocycles. The summed E-state index contributed by atoms with van der Waals surface area (Å²) in [5.74, 6) is 1.39. The number of aryl methyl sites for hydroxylation is 1. The van der Waals surface area contributed by atoms with E-state index < -0.39 is 0 Å². The fourth-order valence-electron chi connectivity index (χ4n) is 3.73. The number of carbonyl (C=O) groups excluding carboxylic acids is 1. The molecule has 1 saturated heterocycles. The van der Waals surface area contributed by atoms with Gasteiger partial charge in [-0.25, -0.2) is 0 Å². The first-order chi connectivity index (χ1) is 9.97. The quantitative estimate of drug-likeness (QED) is 0.923. The highest BCUT2D eigenvalue weighted by Gasteiger charge is 2.45. The van der Waals surface area contributed by atoms with Crippen LogP contribution in [0.25, 0.3) is 0 Å². The lowest BCUT2D eigenvalue weighted by Crippen LogP contribution is -2.39. The predicted octanol–water partition coefficient (Wildman–Crippen LogP) is 3.70. The molecule has 1 aromatic rings. The number of thiophene rings is 1. The van der Waals surface area contributed by atoms with Crippen molar-refractivity contribution in [3.8, 4) is 0 Å². The molecular weight excluding hydrogens is 280 g/mol. The highest BCUT2D eigenvalue weighted by Crippen LogP contribution is 2.39. The zero-order valence-electron chi connectivity index (χ0n) is 13.4. The summed E-state index contributed by atoms with van der Waals surface area (Å²) in [7, 11) is 0. The van der Waals surface area contributed by atoms with E-state index >= 15 is 0 Å². The molecule has 1 aromatic heterocycles. The lowest BCUT2D eigenvalue weighted by molar-refractivity contribution is -0.133. The number of nitrogens with one attached hydrogen (secondary N) is 1. The SMILES string of the molecule is Cc1ccc(C2NC(C(C)C)C(=O)N2C2CCC(C)C2)s1. The van der Waals surface area contributed by atoms with Gasteiger partial charge in [0.15, 0.2) is 0 Å². The standard InChI is InChI=1S/C17H26N2OS/c1-10(2)15-17(20)19(13-7-5-11(3)9-13)16(18-15)14-8-6-12(4)21-14/h6,8,10-11,13,15-16,18H,5,7,9H2,1-4H3. The molecule has 2 heterocycles. The molecule has 1 amide bonds. The van der Waals surface area contributed by atoms with Gasteiger partial charge in [0.1, 0.15) is 6.17 Å². The molecule has 0 aromatic carbocycles. The van der Waals surface area contributed by atoms with E-state index in [2.05, 4.69) is 50.0 Å². The van der Waals surface area contributed by atoms with Crippen molar-refractivity contribution in [3.63, 3.8) is 0 Å². The average Bonchev–Trinajstić information content (AvgIpc) is 3.08. The number of hydrogen-bond donors (Lipinski definition) is 1. The second-order valence-corrected chi connectivity index (χ2v) is 8.38. The molecule has 4 heteroatoms. The van der Waals surface area contributed by atoms with Gasteiger partial charge in [0.05, 0.1) is 6.04 Å². The summed E-state index contributed by atoms with van der Waals surface area (Å²) in [5.41, 5.74) is 0. The molecule has 21 heavy (non-hydrogen) atoms. The van der Waals surface area contributed by atoms with Crippen LogP contribution in [0, 0.1) is 18.8 Å². The molecule has 4 unspecified atom stereocenters. The Labute approximate surface area is 131 Å². The highest BCUT2D eigenvalue weighted by atomic mass is 32.1. The van der Waals surface area contributed by atoms with Crippen LogP contribution in [-0.2, 0) is 4.79 Å². The minimum Gasteiger partial charge on any atom is -0.318 e. The van der Waals surface area contributed by atoms with Crippen LogP contribution in [0.3, 0.4) is 0 Å². The minimum absolute atomic E-state index is 0.0340. The van der Waals surface area contributed by atoms with Crippen molar-refractivity contribution in [3.05, 3.63) is 21.9 Å². The van der Waals surface area contributed by atoms with Gasteiger partial charge in [-0.2, -0.15) is 0 Å². The molecule has 116 valence electrons. The molecule has 1 N–H and O–H groups in total. The summed E-state index contributed by atoms with van der Waals surface area (Å²) in [5, 5.41) is 3.60. The van der Waals surface area contributed by atoms with E-state index in [-0.39, 0.29) is 12.2 Å². The monoisotopic (exact) mass is 306 g/mol. The van der Waals surface area contributed by atoms with Crippen LogP contribution in [0.5, 0.6) is 0 Å². The van der Waals surface area contributed by atoms with Crippen LogP contribution < -0.4 is 5.32 Å². The topological polar surface area (TPSA) is 32.3 Å². The van der Waals surface area contributed by atoms with Crippen LogP contribution in [0.15, 0.2) is 12.1 Å². The van der Waals surface area contributed by atoms with Crippen LogP contribution >= 0.6 is 11.3 Å². The van der Waals surface area contributed by atoms with Crippen LogP contribution in [-0.4, -0.2) is 22.9 Å². The van der Waals surface area contributed by atoms with Gasteiger partial charge in [-0.05, 0) is 50.2 Å². The molecule has 0 bridgehead atoms. The number of rotatable bonds is 3. The van der Waals surface area contributed by atoms with E-state index in [0.29, 0.717) is 17.9 Å². The summed E-state index contributed by atoms with van der Waals surface area (Å²) in [6.07, 6.45) is 3.63.